The van der Waals surface area contributed by atoms with E-state index in [-0.39, 0.29) is 12.6 Å². The minimum Gasteiger partial charge on any atom is -0.250 e. The molecular weight excluding hydrogens is 163 g/mol. The lowest BCUT2D eigenvalue weighted by molar-refractivity contribution is 0.446. The van der Waals surface area contributed by atoms with Gasteiger partial charge in [-0.25, -0.2) is 0 Å². The number of alkyl halides is 1. The van der Waals surface area contributed by atoms with Crippen molar-refractivity contribution in [3.05, 3.63) is 34.9 Å². The van der Waals surface area contributed by atoms with E-state index < -0.39 is 0 Å². The number of halogens is 1. The molecule has 1 aromatic carbocycles. The first-order chi connectivity index (χ1) is 6.20. The molecule has 0 amide bonds. The Bertz CT molecular complexity index is 333. The Morgan fingerprint density at radius 2 is 2.23 bits per heavy atom. The highest BCUT2D eigenvalue weighted by Crippen LogP contribution is 2.22. The van der Waals surface area contributed by atoms with Gasteiger partial charge in [-0.15, -0.1) is 6.42 Å². The number of hydrogen-bond donors (Lipinski definition) is 0. The molecule has 0 nitrogen and oxygen atoms in total. The largest absolute Gasteiger partial charge is 0.250 e. The topological polar surface area (TPSA) is 0 Å². The molecule has 0 saturated heterocycles. The molecule has 0 aliphatic heterocycles. The molecule has 0 aliphatic rings. The van der Waals surface area contributed by atoms with E-state index in [0.717, 1.165) is 16.7 Å². The Hall–Kier alpha value is -1.29. The van der Waals surface area contributed by atoms with Crippen LogP contribution < -0.4 is 0 Å². The molecule has 1 aromatic rings. The van der Waals surface area contributed by atoms with Crippen molar-refractivity contribution in [3.8, 4) is 12.3 Å². The molecule has 0 bridgehead atoms. The van der Waals surface area contributed by atoms with Crippen LogP contribution in [0.1, 0.15) is 29.5 Å². The van der Waals surface area contributed by atoms with Crippen LogP contribution in [0.4, 0.5) is 4.39 Å². The minimum absolute atomic E-state index is 0.0618. The van der Waals surface area contributed by atoms with E-state index in [1.54, 1.807) is 0 Å². The summed E-state index contributed by atoms with van der Waals surface area (Å²) in [4.78, 5) is 0. The Labute approximate surface area is 78.8 Å². The van der Waals surface area contributed by atoms with Gasteiger partial charge in [-0.1, -0.05) is 25.0 Å². The Kier molecular flexibility index (Phi) is 3.08. The summed E-state index contributed by atoms with van der Waals surface area (Å²) in [5, 5.41) is 0. The first-order valence-corrected chi connectivity index (χ1v) is 4.32. The Balaban J connectivity index is 3.17. The molecule has 68 valence electrons. The van der Waals surface area contributed by atoms with E-state index >= 15 is 0 Å². The molecule has 0 spiro atoms. The SMILES string of the molecule is C#Cc1cccc(C(C)CF)c1C. The minimum atomic E-state index is -0.338. The van der Waals surface area contributed by atoms with E-state index in [1.807, 2.05) is 32.0 Å². The van der Waals surface area contributed by atoms with E-state index in [4.69, 9.17) is 6.42 Å². The lowest BCUT2D eigenvalue weighted by Crippen LogP contribution is -1.99. The molecular formula is C12H13F. The van der Waals surface area contributed by atoms with E-state index in [0.29, 0.717) is 0 Å². The van der Waals surface area contributed by atoms with E-state index in [2.05, 4.69) is 5.92 Å². The monoisotopic (exact) mass is 176 g/mol. The molecule has 0 radical (unpaired) electrons. The van der Waals surface area contributed by atoms with Crippen LogP contribution in [-0.4, -0.2) is 6.67 Å². The molecule has 1 unspecified atom stereocenters. The van der Waals surface area contributed by atoms with Gasteiger partial charge < -0.3 is 0 Å². The zero-order valence-corrected chi connectivity index (χ0v) is 7.97. The fourth-order valence-electron chi connectivity index (χ4n) is 1.43. The zero-order chi connectivity index (χ0) is 9.84. The number of rotatable bonds is 2. The van der Waals surface area contributed by atoms with Crippen LogP contribution >= 0.6 is 0 Å². The van der Waals surface area contributed by atoms with Crippen molar-refractivity contribution in [2.45, 2.75) is 19.8 Å². The highest BCUT2D eigenvalue weighted by Gasteiger charge is 2.09. The fraction of sp³-hybridized carbons (Fsp3) is 0.333. The summed E-state index contributed by atoms with van der Waals surface area (Å²) in [7, 11) is 0. The quantitative estimate of drug-likeness (QED) is 0.607. The highest BCUT2D eigenvalue weighted by atomic mass is 19.1. The molecule has 1 atom stereocenters. The first kappa shape index (κ1) is 9.80. The van der Waals surface area contributed by atoms with E-state index in [1.165, 1.54) is 0 Å². The molecule has 0 fully saturated rings. The molecule has 1 rings (SSSR count). The van der Waals surface area contributed by atoms with Crippen LogP contribution in [0.2, 0.25) is 0 Å². The van der Waals surface area contributed by atoms with Crippen LogP contribution in [0.5, 0.6) is 0 Å². The van der Waals surface area contributed by atoms with Crippen molar-refractivity contribution in [2.75, 3.05) is 6.67 Å². The van der Waals surface area contributed by atoms with Gasteiger partial charge in [-0.2, -0.15) is 0 Å². The Morgan fingerprint density at radius 3 is 2.77 bits per heavy atom. The van der Waals surface area contributed by atoms with Crippen molar-refractivity contribution in [2.24, 2.45) is 0 Å². The Morgan fingerprint density at radius 1 is 1.54 bits per heavy atom. The molecule has 0 aromatic heterocycles. The van der Waals surface area contributed by atoms with Crippen molar-refractivity contribution in [1.82, 2.24) is 0 Å². The maximum absolute atomic E-state index is 12.4. The number of terminal acetylenes is 1. The lowest BCUT2D eigenvalue weighted by atomic mass is 9.94. The van der Waals surface area contributed by atoms with Crippen LogP contribution in [0.3, 0.4) is 0 Å². The predicted octanol–water partition coefficient (Wildman–Crippen LogP) is 3.05. The standard InChI is InChI=1S/C12H13F/c1-4-11-6-5-7-12(10(11)3)9(2)8-13/h1,5-7,9H,8H2,2-3H3. The van der Waals surface area contributed by atoms with Crippen LogP contribution in [0.25, 0.3) is 0 Å². The van der Waals surface area contributed by atoms with Crippen molar-refractivity contribution in [1.29, 1.82) is 0 Å². The molecule has 0 N–H and O–H groups in total. The summed E-state index contributed by atoms with van der Waals surface area (Å²) in [5.74, 6) is 2.53. The molecule has 0 saturated carbocycles. The van der Waals surface area contributed by atoms with Gasteiger partial charge in [0.2, 0.25) is 0 Å². The summed E-state index contributed by atoms with van der Waals surface area (Å²) in [6.45, 7) is 3.47. The second-order valence-corrected chi connectivity index (χ2v) is 3.22. The summed E-state index contributed by atoms with van der Waals surface area (Å²) in [6, 6.07) is 5.69. The van der Waals surface area contributed by atoms with Gasteiger partial charge in [-0.05, 0) is 24.1 Å². The van der Waals surface area contributed by atoms with E-state index in [9.17, 15) is 4.39 Å². The van der Waals surface area contributed by atoms with Gasteiger partial charge in [0.05, 0.1) is 6.67 Å². The number of hydrogen-bond acceptors (Lipinski definition) is 0. The predicted molar refractivity (Wildman–Crippen MR) is 53.5 cm³/mol. The average Bonchev–Trinajstić information content (AvgIpc) is 2.17. The van der Waals surface area contributed by atoms with Crippen LogP contribution in [0.15, 0.2) is 18.2 Å². The second-order valence-electron chi connectivity index (χ2n) is 3.22. The molecule has 13 heavy (non-hydrogen) atoms. The second kappa shape index (κ2) is 4.09. The number of benzene rings is 1. The van der Waals surface area contributed by atoms with Gasteiger partial charge in [0, 0.05) is 11.5 Å². The fourth-order valence-corrected chi connectivity index (χ4v) is 1.43. The molecule has 0 aliphatic carbocycles. The first-order valence-electron chi connectivity index (χ1n) is 4.32. The van der Waals surface area contributed by atoms with Gasteiger partial charge in [0.1, 0.15) is 0 Å². The summed E-state index contributed by atoms with van der Waals surface area (Å²) < 4.78 is 12.4. The van der Waals surface area contributed by atoms with Gasteiger partial charge in [0.15, 0.2) is 0 Å². The van der Waals surface area contributed by atoms with Crippen molar-refractivity contribution >= 4 is 0 Å². The van der Waals surface area contributed by atoms with Crippen LogP contribution in [-0.2, 0) is 0 Å². The molecule has 1 heteroatoms. The van der Waals surface area contributed by atoms with Crippen LogP contribution in [0, 0.1) is 19.3 Å². The third-order valence-corrected chi connectivity index (χ3v) is 2.29. The average molecular weight is 176 g/mol. The maximum atomic E-state index is 12.4. The zero-order valence-electron chi connectivity index (χ0n) is 7.97. The lowest BCUT2D eigenvalue weighted by Gasteiger charge is -2.11. The van der Waals surface area contributed by atoms with Gasteiger partial charge in [-0.3, -0.25) is 4.39 Å². The highest BCUT2D eigenvalue weighted by molar-refractivity contribution is 5.44. The molecule has 0 heterocycles. The summed E-state index contributed by atoms with van der Waals surface area (Å²) in [5.41, 5.74) is 2.89. The third-order valence-electron chi connectivity index (χ3n) is 2.29. The normalized spacial score (nSPS) is 12.2. The third kappa shape index (κ3) is 1.89. The van der Waals surface area contributed by atoms with Gasteiger partial charge in [0.25, 0.3) is 0 Å². The van der Waals surface area contributed by atoms with Crippen molar-refractivity contribution < 1.29 is 4.39 Å². The maximum Gasteiger partial charge on any atom is 0.0960 e. The summed E-state index contributed by atoms with van der Waals surface area (Å²) in [6.07, 6.45) is 5.32. The van der Waals surface area contributed by atoms with Gasteiger partial charge >= 0.3 is 0 Å². The summed E-state index contributed by atoms with van der Waals surface area (Å²) >= 11 is 0. The van der Waals surface area contributed by atoms with Crippen molar-refractivity contribution in [3.63, 3.8) is 0 Å². The smallest absolute Gasteiger partial charge is 0.0960 e.